The van der Waals surface area contributed by atoms with Gasteiger partial charge in [-0.2, -0.15) is 0 Å². The van der Waals surface area contributed by atoms with Crippen molar-refractivity contribution in [2.75, 3.05) is 6.54 Å². The van der Waals surface area contributed by atoms with Crippen LogP contribution in [-0.2, 0) is 4.74 Å². The molecule has 1 rings (SSSR count). The van der Waals surface area contributed by atoms with E-state index in [0.29, 0.717) is 6.04 Å². The van der Waals surface area contributed by atoms with E-state index in [1.807, 2.05) is 27.7 Å². The van der Waals surface area contributed by atoms with Gasteiger partial charge in [-0.1, -0.05) is 25.7 Å². The summed E-state index contributed by atoms with van der Waals surface area (Å²) in [5, 5.41) is 6.43. The van der Waals surface area contributed by atoms with Gasteiger partial charge in [0.1, 0.15) is 5.60 Å². The van der Waals surface area contributed by atoms with Gasteiger partial charge in [-0.15, -0.1) is 0 Å². The third-order valence-corrected chi connectivity index (χ3v) is 3.33. The molecule has 0 aliphatic heterocycles. The predicted molar refractivity (Wildman–Crippen MR) is 78.3 cm³/mol. The molecule has 0 aromatic rings. The van der Waals surface area contributed by atoms with Gasteiger partial charge in [-0.3, -0.25) is 0 Å². The molecule has 19 heavy (non-hydrogen) atoms. The molecule has 0 saturated heterocycles. The Labute approximate surface area is 117 Å². The highest BCUT2D eigenvalue weighted by Gasteiger charge is 2.18. The van der Waals surface area contributed by atoms with Crippen LogP contribution in [0.2, 0.25) is 0 Å². The first-order valence-corrected chi connectivity index (χ1v) is 7.60. The minimum atomic E-state index is -0.432. The summed E-state index contributed by atoms with van der Waals surface area (Å²) in [6.45, 7) is 8.45. The van der Waals surface area contributed by atoms with Crippen LogP contribution in [0, 0.1) is 0 Å². The largest absolute Gasteiger partial charge is 0.444 e. The Morgan fingerprint density at radius 1 is 1.21 bits per heavy atom. The fraction of sp³-hybridized carbons (Fsp3) is 0.933. The van der Waals surface area contributed by atoms with Crippen LogP contribution in [0.1, 0.15) is 66.2 Å². The Kier molecular flexibility index (Phi) is 6.63. The zero-order valence-electron chi connectivity index (χ0n) is 12.9. The Morgan fingerprint density at radius 2 is 1.79 bits per heavy atom. The molecule has 1 amide bonds. The molecule has 1 aliphatic carbocycles. The topological polar surface area (TPSA) is 50.4 Å². The first-order chi connectivity index (χ1) is 8.87. The first kappa shape index (κ1) is 16.3. The molecule has 0 aromatic heterocycles. The van der Waals surface area contributed by atoms with E-state index in [9.17, 15) is 4.79 Å². The van der Waals surface area contributed by atoms with Crippen molar-refractivity contribution in [2.24, 2.45) is 0 Å². The zero-order valence-corrected chi connectivity index (χ0v) is 12.9. The van der Waals surface area contributed by atoms with Crippen LogP contribution in [0.5, 0.6) is 0 Å². The van der Waals surface area contributed by atoms with E-state index in [1.165, 1.54) is 38.5 Å². The van der Waals surface area contributed by atoms with Gasteiger partial charge < -0.3 is 15.4 Å². The molecule has 0 heterocycles. The van der Waals surface area contributed by atoms with Gasteiger partial charge in [0.2, 0.25) is 0 Å². The van der Waals surface area contributed by atoms with Crippen LogP contribution in [-0.4, -0.2) is 30.3 Å². The molecule has 4 nitrogen and oxygen atoms in total. The molecular formula is C15H30N2O2. The lowest BCUT2D eigenvalue weighted by atomic mass is 10.1. The summed E-state index contributed by atoms with van der Waals surface area (Å²) in [4.78, 5) is 11.6. The Hall–Kier alpha value is -0.770. The molecule has 1 atom stereocenters. The van der Waals surface area contributed by atoms with E-state index in [1.54, 1.807) is 0 Å². The lowest BCUT2D eigenvalue weighted by Crippen LogP contribution is -2.44. The summed E-state index contributed by atoms with van der Waals surface area (Å²) in [7, 11) is 0. The summed E-state index contributed by atoms with van der Waals surface area (Å²) < 4.78 is 5.24. The van der Waals surface area contributed by atoms with Crippen LogP contribution >= 0.6 is 0 Å². The fourth-order valence-corrected chi connectivity index (χ4v) is 2.39. The van der Waals surface area contributed by atoms with Crippen molar-refractivity contribution in [3.05, 3.63) is 0 Å². The van der Waals surface area contributed by atoms with Crippen LogP contribution < -0.4 is 10.6 Å². The number of amides is 1. The maximum Gasteiger partial charge on any atom is 0.407 e. The van der Waals surface area contributed by atoms with Gasteiger partial charge in [0.25, 0.3) is 0 Å². The maximum atomic E-state index is 11.6. The number of hydrogen-bond donors (Lipinski definition) is 2. The Morgan fingerprint density at radius 3 is 2.32 bits per heavy atom. The van der Waals surface area contributed by atoms with Crippen LogP contribution in [0.4, 0.5) is 4.79 Å². The number of carbonyl (C=O) groups is 1. The van der Waals surface area contributed by atoms with E-state index in [-0.39, 0.29) is 12.1 Å². The van der Waals surface area contributed by atoms with Gasteiger partial charge in [0.05, 0.1) is 0 Å². The number of rotatable bonds is 4. The normalized spacial score (nSPS) is 19.6. The summed E-state index contributed by atoms with van der Waals surface area (Å²) in [5.41, 5.74) is -0.432. The summed E-state index contributed by atoms with van der Waals surface area (Å²) in [6.07, 6.45) is 7.58. The average Bonchev–Trinajstić information content (AvgIpc) is 2.51. The summed E-state index contributed by atoms with van der Waals surface area (Å²) in [6, 6.07) is 0.712. The average molecular weight is 270 g/mol. The van der Waals surface area contributed by atoms with Gasteiger partial charge in [-0.25, -0.2) is 4.79 Å². The minimum Gasteiger partial charge on any atom is -0.444 e. The van der Waals surface area contributed by atoms with E-state index < -0.39 is 5.60 Å². The molecule has 0 spiro atoms. The molecule has 1 unspecified atom stereocenters. The van der Waals surface area contributed by atoms with Crippen molar-refractivity contribution < 1.29 is 9.53 Å². The third-order valence-electron chi connectivity index (χ3n) is 3.33. The second-order valence-electron chi connectivity index (χ2n) is 6.64. The molecule has 0 radical (unpaired) electrons. The minimum absolute atomic E-state index is 0.0955. The van der Waals surface area contributed by atoms with Crippen molar-refractivity contribution in [1.29, 1.82) is 0 Å². The lowest BCUT2D eigenvalue weighted by molar-refractivity contribution is 0.0507. The summed E-state index contributed by atoms with van der Waals surface area (Å²) in [5.74, 6) is 0. The number of nitrogens with one attached hydrogen (secondary N) is 2. The van der Waals surface area contributed by atoms with Gasteiger partial charge in [0.15, 0.2) is 0 Å². The van der Waals surface area contributed by atoms with E-state index >= 15 is 0 Å². The highest BCUT2D eigenvalue weighted by Crippen LogP contribution is 2.17. The Bertz CT molecular complexity index is 266. The standard InChI is InChI=1S/C15H30N2O2/c1-12(17-14(18)19-15(2,3)4)11-16-13-9-7-5-6-8-10-13/h12-13,16H,5-11H2,1-4H3,(H,17,18). The first-order valence-electron chi connectivity index (χ1n) is 7.60. The number of carbonyl (C=O) groups excluding carboxylic acids is 1. The summed E-state index contributed by atoms with van der Waals surface area (Å²) >= 11 is 0. The molecular weight excluding hydrogens is 240 g/mol. The predicted octanol–water partition coefficient (Wildman–Crippen LogP) is 3.21. The van der Waals surface area contributed by atoms with Crippen LogP contribution in [0.15, 0.2) is 0 Å². The number of alkyl carbamates (subject to hydrolysis) is 1. The fourth-order valence-electron chi connectivity index (χ4n) is 2.39. The second-order valence-corrected chi connectivity index (χ2v) is 6.64. The van der Waals surface area contributed by atoms with Crippen molar-refractivity contribution in [2.45, 2.75) is 83.9 Å². The molecule has 1 aliphatic rings. The maximum absolute atomic E-state index is 11.6. The number of hydrogen-bond acceptors (Lipinski definition) is 3. The molecule has 2 N–H and O–H groups in total. The van der Waals surface area contributed by atoms with Crippen molar-refractivity contribution in [1.82, 2.24) is 10.6 Å². The zero-order chi connectivity index (χ0) is 14.3. The highest BCUT2D eigenvalue weighted by molar-refractivity contribution is 5.68. The SMILES string of the molecule is CC(CNC1CCCCCC1)NC(=O)OC(C)(C)C. The molecule has 1 saturated carbocycles. The third kappa shape index (κ3) is 8.09. The van der Waals surface area contributed by atoms with Crippen molar-refractivity contribution in [3.8, 4) is 0 Å². The molecule has 1 fully saturated rings. The lowest BCUT2D eigenvalue weighted by Gasteiger charge is -2.23. The second kappa shape index (κ2) is 7.73. The molecule has 0 bridgehead atoms. The van der Waals surface area contributed by atoms with E-state index in [4.69, 9.17) is 4.74 Å². The molecule has 112 valence electrons. The van der Waals surface area contributed by atoms with Crippen molar-refractivity contribution in [3.63, 3.8) is 0 Å². The van der Waals surface area contributed by atoms with Crippen LogP contribution in [0.25, 0.3) is 0 Å². The number of ether oxygens (including phenoxy) is 1. The quantitative estimate of drug-likeness (QED) is 0.771. The monoisotopic (exact) mass is 270 g/mol. The Balaban J connectivity index is 2.19. The van der Waals surface area contributed by atoms with E-state index in [2.05, 4.69) is 10.6 Å². The van der Waals surface area contributed by atoms with Gasteiger partial charge in [0, 0.05) is 18.6 Å². The molecule has 0 aromatic carbocycles. The highest BCUT2D eigenvalue weighted by atomic mass is 16.6. The van der Waals surface area contributed by atoms with E-state index in [0.717, 1.165) is 6.54 Å². The van der Waals surface area contributed by atoms with Crippen molar-refractivity contribution >= 4 is 6.09 Å². The van der Waals surface area contributed by atoms with Crippen LogP contribution in [0.3, 0.4) is 0 Å². The van der Waals surface area contributed by atoms with Gasteiger partial charge in [-0.05, 0) is 40.5 Å². The molecule has 4 heteroatoms. The van der Waals surface area contributed by atoms with Gasteiger partial charge >= 0.3 is 6.09 Å². The smallest absolute Gasteiger partial charge is 0.407 e.